The molecule has 0 amide bonds. The number of hydrogen-bond acceptors (Lipinski definition) is 8. The number of benzene rings is 2. The lowest BCUT2D eigenvalue weighted by atomic mass is 9.66. The summed E-state index contributed by atoms with van der Waals surface area (Å²) in [5.41, 5.74) is -3.60. The van der Waals surface area contributed by atoms with E-state index in [9.17, 15) is 19.2 Å². The van der Waals surface area contributed by atoms with E-state index < -0.39 is 34.6 Å². The third-order valence-corrected chi connectivity index (χ3v) is 5.34. The minimum Gasteiger partial charge on any atom is -0.467 e. The first-order chi connectivity index (χ1) is 13.3. The predicted octanol–water partition coefficient (Wildman–Crippen LogP) is 1.35. The lowest BCUT2D eigenvalue weighted by Gasteiger charge is -2.36. The molecule has 0 aromatic heterocycles. The van der Waals surface area contributed by atoms with Crippen LogP contribution < -0.4 is 5.32 Å². The Bertz CT molecular complexity index is 997. The normalized spacial score (nSPS) is 19.3. The lowest BCUT2D eigenvalue weighted by molar-refractivity contribution is -0.167. The summed E-state index contributed by atoms with van der Waals surface area (Å²) in [6, 6.07) is 10.6. The molecule has 1 aliphatic rings. The van der Waals surface area contributed by atoms with Crippen LogP contribution >= 0.6 is 0 Å². The van der Waals surface area contributed by atoms with E-state index in [0.717, 1.165) is 26.7 Å². The number of rotatable bonds is 4. The molecule has 8 nitrogen and oxygen atoms in total. The summed E-state index contributed by atoms with van der Waals surface area (Å²) in [7, 11) is 3.21. The average molecular weight is 385 g/mol. The molecule has 1 unspecified atom stereocenters. The van der Waals surface area contributed by atoms with Crippen molar-refractivity contribution in [3.05, 3.63) is 42.0 Å². The Morgan fingerprint density at radius 1 is 0.857 bits per heavy atom. The van der Waals surface area contributed by atoms with Gasteiger partial charge in [-0.15, -0.1) is 0 Å². The van der Waals surface area contributed by atoms with E-state index >= 15 is 0 Å². The summed E-state index contributed by atoms with van der Waals surface area (Å²) in [6.07, 6.45) is 0. The maximum Gasteiger partial charge on any atom is 0.375 e. The number of fused-ring (bicyclic) bond motifs is 3. The van der Waals surface area contributed by atoms with Crippen molar-refractivity contribution in [3.63, 3.8) is 0 Å². The standard InChI is InChI=1S/C20H19NO7/c1-19(15(22)16(23)26-2)13-10-9-11-7-5-6-8-12(11)14(13)21-20(19,17(24)27-3)18(25)28-4/h5-10,21H,1-4H3. The number of ether oxygens (including phenoxy) is 3. The summed E-state index contributed by atoms with van der Waals surface area (Å²) >= 11 is 0. The molecule has 0 bridgehead atoms. The van der Waals surface area contributed by atoms with Crippen molar-refractivity contribution in [2.75, 3.05) is 26.6 Å². The van der Waals surface area contributed by atoms with Gasteiger partial charge in [-0.05, 0) is 17.9 Å². The van der Waals surface area contributed by atoms with Crippen molar-refractivity contribution < 1.29 is 33.4 Å². The van der Waals surface area contributed by atoms with Crippen molar-refractivity contribution in [2.24, 2.45) is 0 Å². The Morgan fingerprint density at radius 3 is 2.04 bits per heavy atom. The van der Waals surface area contributed by atoms with Gasteiger partial charge in [0.05, 0.1) is 21.3 Å². The zero-order valence-corrected chi connectivity index (χ0v) is 15.8. The van der Waals surface area contributed by atoms with Crippen LogP contribution in [0.4, 0.5) is 5.69 Å². The summed E-state index contributed by atoms with van der Waals surface area (Å²) in [4.78, 5) is 51.1. The first-order valence-electron chi connectivity index (χ1n) is 8.39. The highest BCUT2D eigenvalue weighted by atomic mass is 16.6. The minimum atomic E-state index is -2.30. The highest BCUT2D eigenvalue weighted by Gasteiger charge is 2.71. The maximum atomic E-state index is 13.1. The summed E-state index contributed by atoms with van der Waals surface area (Å²) in [5, 5.41) is 4.34. The van der Waals surface area contributed by atoms with Gasteiger partial charge in [0.2, 0.25) is 0 Å². The molecule has 146 valence electrons. The molecule has 1 atom stereocenters. The average Bonchev–Trinajstić information content (AvgIpc) is 3.02. The van der Waals surface area contributed by atoms with Crippen LogP contribution in [0.15, 0.2) is 36.4 Å². The molecular formula is C20H19NO7. The van der Waals surface area contributed by atoms with Crippen LogP contribution in [0, 0.1) is 0 Å². The topological polar surface area (TPSA) is 108 Å². The molecule has 8 heteroatoms. The van der Waals surface area contributed by atoms with Gasteiger partial charge in [-0.25, -0.2) is 14.4 Å². The molecule has 1 aliphatic heterocycles. The molecule has 0 fully saturated rings. The molecule has 1 heterocycles. The van der Waals surface area contributed by atoms with Crippen molar-refractivity contribution in [2.45, 2.75) is 17.9 Å². The van der Waals surface area contributed by atoms with Crippen LogP contribution in [0.5, 0.6) is 0 Å². The van der Waals surface area contributed by atoms with E-state index in [1.807, 2.05) is 12.1 Å². The zero-order chi connectivity index (χ0) is 20.7. The van der Waals surface area contributed by atoms with E-state index in [0.29, 0.717) is 11.1 Å². The van der Waals surface area contributed by atoms with Crippen molar-refractivity contribution >= 4 is 40.2 Å². The lowest BCUT2D eigenvalue weighted by Crippen LogP contribution is -2.67. The van der Waals surface area contributed by atoms with Crippen molar-refractivity contribution in [1.82, 2.24) is 0 Å². The zero-order valence-electron chi connectivity index (χ0n) is 15.8. The highest BCUT2D eigenvalue weighted by molar-refractivity contribution is 6.41. The summed E-state index contributed by atoms with van der Waals surface area (Å²) in [6.45, 7) is 1.33. The number of Topliss-reactive ketones (excluding diaryl/α,β-unsaturated/α-hetero) is 1. The number of hydrogen-bond donors (Lipinski definition) is 1. The first kappa shape index (κ1) is 19.3. The fourth-order valence-electron chi connectivity index (χ4n) is 3.83. The van der Waals surface area contributed by atoms with Crippen LogP contribution in [0.1, 0.15) is 12.5 Å². The van der Waals surface area contributed by atoms with Crippen LogP contribution in [0.25, 0.3) is 10.8 Å². The molecule has 0 saturated carbocycles. The summed E-state index contributed by atoms with van der Waals surface area (Å²) in [5.74, 6) is -4.38. The van der Waals surface area contributed by atoms with Crippen molar-refractivity contribution in [1.29, 1.82) is 0 Å². The predicted molar refractivity (Wildman–Crippen MR) is 98.7 cm³/mol. The van der Waals surface area contributed by atoms with Gasteiger partial charge < -0.3 is 19.5 Å². The fraction of sp³-hybridized carbons (Fsp3) is 0.300. The van der Waals surface area contributed by atoms with E-state index in [1.54, 1.807) is 24.3 Å². The maximum absolute atomic E-state index is 13.1. The molecular weight excluding hydrogens is 366 g/mol. The summed E-state index contributed by atoms with van der Waals surface area (Å²) < 4.78 is 14.3. The quantitative estimate of drug-likeness (QED) is 0.364. The Morgan fingerprint density at radius 2 is 1.46 bits per heavy atom. The van der Waals surface area contributed by atoms with Gasteiger partial charge in [0.15, 0.2) is 0 Å². The number of carbonyl (C=O) groups is 4. The number of methoxy groups -OCH3 is 3. The first-order valence-corrected chi connectivity index (χ1v) is 8.39. The SMILES string of the molecule is COC(=O)C(=O)C1(C)c2ccc3ccccc3c2NC1(C(=O)OC)C(=O)OC. The van der Waals surface area contributed by atoms with Crippen LogP contribution in [0.3, 0.4) is 0 Å². The second-order valence-corrected chi connectivity index (χ2v) is 6.51. The Labute approximate surface area is 160 Å². The fourth-order valence-corrected chi connectivity index (χ4v) is 3.83. The van der Waals surface area contributed by atoms with Gasteiger partial charge in [0.1, 0.15) is 5.41 Å². The molecule has 2 aromatic rings. The van der Waals surface area contributed by atoms with Crippen molar-refractivity contribution in [3.8, 4) is 0 Å². The van der Waals surface area contributed by atoms with Crippen LogP contribution in [0.2, 0.25) is 0 Å². The number of ketones is 1. The van der Waals surface area contributed by atoms with Gasteiger partial charge in [0.25, 0.3) is 11.3 Å². The van der Waals surface area contributed by atoms with Gasteiger partial charge in [-0.3, -0.25) is 4.79 Å². The Hall–Kier alpha value is -3.42. The molecule has 0 aliphatic carbocycles. The van der Waals surface area contributed by atoms with E-state index in [2.05, 4.69) is 10.1 Å². The van der Waals surface area contributed by atoms with E-state index in [1.165, 1.54) is 6.92 Å². The largest absolute Gasteiger partial charge is 0.467 e. The minimum absolute atomic E-state index is 0.289. The number of carbonyl (C=O) groups excluding carboxylic acids is 4. The van der Waals surface area contributed by atoms with Crippen LogP contribution in [-0.2, 0) is 38.8 Å². The molecule has 1 N–H and O–H groups in total. The molecule has 2 aromatic carbocycles. The van der Waals surface area contributed by atoms with E-state index in [-0.39, 0.29) is 5.56 Å². The Balaban J connectivity index is 2.44. The number of anilines is 1. The van der Waals surface area contributed by atoms with E-state index in [4.69, 9.17) is 9.47 Å². The number of esters is 3. The van der Waals surface area contributed by atoms with Gasteiger partial charge >= 0.3 is 17.9 Å². The van der Waals surface area contributed by atoms with Gasteiger partial charge in [-0.2, -0.15) is 0 Å². The third-order valence-electron chi connectivity index (χ3n) is 5.34. The Kier molecular flexibility index (Phi) is 4.58. The molecule has 0 radical (unpaired) electrons. The highest BCUT2D eigenvalue weighted by Crippen LogP contribution is 2.52. The van der Waals surface area contributed by atoms with Gasteiger partial charge in [-0.1, -0.05) is 36.4 Å². The second kappa shape index (κ2) is 6.63. The number of nitrogens with one attached hydrogen (secondary N) is 1. The third kappa shape index (κ3) is 2.24. The smallest absolute Gasteiger partial charge is 0.375 e. The monoisotopic (exact) mass is 385 g/mol. The molecule has 0 saturated heterocycles. The molecule has 0 spiro atoms. The molecule has 3 rings (SSSR count). The van der Waals surface area contributed by atoms with Gasteiger partial charge in [0, 0.05) is 11.1 Å². The van der Waals surface area contributed by atoms with Crippen LogP contribution in [-0.4, -0.2) is 50.6 Å². The molecule has 28 heavy (non-hydrogen) atoms. The second-order valence-electron chi connectivity index (χ2n) is 6.51.